The van der Waals surface area contributed by atoms with E-state index in [1.807, 2.05) is 13.8 Å². The SMILES string of the molecule is CC[C@H](C)N(C(=O)CN(C)CC(=O)Nc1cccc(F)c1)[C@@H]1CCS(=O)(=O)C1. The van der Waals surface area contributed by atoms with Crippen LogP contribution in [0.1, 0.15) is 26.7 Å². The Morgan fingerprint density at radius 1 is 1.32 bits per heavy atom. The third kappa shape index (κ3) is 6.27. The molecule has 2 rings (SSSR count). The molecule has 1 N–H and O–H groups in total. The molecule has 2 atom stereocenters. The molecular weight excluding hydrogens is 385 g/mol. The minimum Gasteiger partial charge on any atom is -0.335 e. The minimum absolute atomic E-state index is 0.00252. The Kier molecular flexibility index (Phi) is 7.54. The van der Waals surface area contributed by atoms with Crippen LogP contribution in [0.15, 0.2) is 24.3 Å². The maximum atomic E-state index is 13.2. The fraction of sp³-hybridized carbons (Fsp3) is 0.579. The van der Waals surface area contributed by atoms with Gasteiger partial charge >= 0.3 is 0 Å². The van der Waals surface area contributed by atoms with Gasteiger partial charge in [0.1, 0.15) is 5.82 Å². The standard InChI is InChI=1S/C19H28FN3O4S/c1-4-14(2)23(17-8-9-28(26,27)13-17)19(25)12-22(3)11-18(24)21-16-7-5-6-15(20)10-16/h5-7,10,14,17H,4,8-9,11-13H2,1-3H3,(H,21,24)/t14-,17+/m0/s1. The zero-order valence-electron chi connectivity index (χ0n) is 16.5. The Balaban J connectivity index is 1.95. The summed E-state index contributed by atoms with van der Waals surface area (Å²) in [4.78, 5) is 28.2. The van der Waals surface area contributed by atoms with Crippen LogP contribution >= 0.6 is 0 Å². The average molecular weight is 414 g/mol. The largest absolute Gasteiger partial charge is 0.335 e. The fourth-order valence-electron chi connectivity index (χ4n) is 3.38. The number of amides is 2. The van der Waals surface area contributed by atoms with Gasteiger partial charge in [-0.15, -0.1) is 0 Å². The smallest absolute Gasteiger partial charge is 0.238 e. The molecule has 0 spiro atoms. The molecule has 1 aliphatic heterocycles. The second-order valence-corrected chi connectivity index (χ2v) is 9.57. The monoisotopic (exact) mass is 413 g/mol. The molecule has 1 aromatic carbocycles. The molecule has 1 saturated heterocycles. The van der Waals surface area contributed by atoms with Crippen molar-refractivity contribution in [1.29, 1.82) is 0 Å². The van der Waals surface area contributed by atoms with E-state index in [-0.39, 0.29) is 48.5 Å². The lowest BCUT2D eigenvalue weighted by Gasteiger charge is -2.34. The number of carbonyl (C=O) groups is 2. The van der Waals surface area contributed by atoms with Crippen LogP contribution in [-0.4, -0.2) is 73.8 Å². The zero-order chi connectivity index (χ0) is 20.9. The Hall–Kier alpha value is -2.00. The van der Waals surface area contributed by atoms with Crippen molar-refractivity contribution in [3.63, 3.8) is 0 Å². The van der Waals surface area contributed by atoms with Crippen LogP contribution in [0.2, 0.25) is 0 Å². The predicted octanol–water partition coefficient (Wildman–Crippen LogP) is 1.51. The van der Waals surface area contributed by atoms with E-state index in [4.69, 9.17) is 0 Å². The van der Waals surface area contributed by atoms with E-state index in [1.54, 1.807) is 22.9 Å². The Morgan fingerprint density at radius 3 is 2.61 bits per heavy atom. The Morgan fingerprint density at radius 2 is 2.04 bits per heavy atom. The van der Waals surface area contributed by atoms with Gasteiger partial charge in [0.05, 0.1) is 24.6 Å². The highest BCUT2D eigenvalue weighted by Crippen LogP contribution is 2.21. The quantitative estimate of drug-likeness (QED) is 0.698. The summed E-state index contributed by atoms with van der Waals surface area (Å²) in [7, 11) is -1.46. The summed E-state index contributed by atoms with van der Waals surface area (Å²) >= 11 is 0. The van der Waals surface area contributed by atoms with Crippen LogP contribution < -0.4 is 5.32 Å². The van der Waals surface area contributed by atoms with Crippen molar-refractivity contribution in [3.8, 4) is 0 Å². The summed E-state index contributed by atoms with van der Waals surface area (Å²) in [6.45, 7) is 3.81. The number of benzene rings is 1. The van der Waals surface area contributed by atoms with Gasteiger partial charge in [0, 0.05) is 17.8 Å². The molecule has 0 aliphatic carbocycles. The maximum Gasteiger partial charge on any atom is 0.238 e. The van der Waals surface area contributed by atoms with Gasteiger partial charge in [0.15, 0.2) is 9.84 Å². The lowest BCUT2D eigenvalue weighted by atomic mass is 10.1. The molecule has 0 radical (unpaired) electrons. The van der Waals surface area contributed by atoms with Crippen LogP contribution in [0.3, 0.4) is 0 Å². The maximum absolute atomic E-state index is 13.2. The van der Waals surface area contributed by atoms with Crippen molar-refractivity contribution < 1.29 is 22.4 Å². The van der Waals surface area contributed by atoms with E-state index < -0.39 is 15.7 Å². The minimum atomic E-state index is -3.10. The van der Waals surface area contributed by atoms with Crippen LogP contribution in [-0.2, 0) is 19.4 Å². The summed E-state index contributed by atoms with van der Waals surface area (Å²) in [5.74, 6) is -0.912. The van der Waals surface area contributed by atoms with E-state index in [9.17, 15) is 22.4 Å². The molecule has 156 valence electrons. The fourth-order valence-corrected chi connectivity index (χ4v) is 5.09. The van der Waals surface area contributed by atoms with Gasteiger partial charge in [0.2, 0.25) is 11.8 Å². The molecule has 0 saturated carbocycles. The average Bonchev–Trinajstić information content (AvgIpc) is 2.93. The van der Waals surface area contributed by atoms with Gasteiger partial charge in [-0.05, 0) is 45.0 Å². The van der Waals surface area contributed by atoms with Crippen molar-refractivity contribution in [2.24, 2.45) is 0 Å². The first-order chi connectivity index (χ1) is 13.1. The summed E-state index contributed by atoms with van der Waals surface area (Å²) in [6, 6.07) is 5.18. The molecule has 0 bridgehead atoms. The van der Waals surface area contributed by atoms with E-state index in [1.165, 1.54) is 18.2 Å². The molecule has 7 nitrogen and oxygen atoms in total. The highest BCUT2D eigenvalue weighted by atomic mass is 32.2. The van der Waals surface area contributed by atoms with Gasteiger partial charge in [-0.2, -0.15) is 0 Å². The first kappa shape index (κ1) is 22.3. The summed E-state index contributed by atoms with van der Waals surface area (Å²) in [5, 5.41) is 2.59. The zero-order valence-corrected chi connectivity index (χ0v) is 17.3. The molecular formula is C19H28FN3O4S. The van der Waals surface area contributed by atoms with E-state index >= 15 is 0 Å². The van der Waals surface area contributed by atoms with Crippen LogP contribution in [0.5, 0.6) is 0 Å². The van der Waals surface area contributed by atoms with Gasteiger partial charge in [-0.25, -0.2) is 12.8 Å². The number of likely N-dealkylation sites (N-methyl/N-ethyl adjacent to an activating group) is 1. The van der Waals surface area contributed by atoms with Crippen molar-refractivity contribution >= 4 is 27.3 Å². The number of sulfone groups is 1. The van der Waals surface area contributed by atoms with Crippen molar-refractivity contribution in [2.75, 3.05) is 37.0 Å². The number of carbonyl (C=O) groups excluding carboxylic acids is 2. The lowest BCUT2D eigenvalue weighted by molar-refractivity contribution is -0.136. The number of rotatable bonds is 8. The van der Waals surface area contributed by atoms with Gasteiger partial charge < -0.3 is 10.2 Å². The Labute approximate surface area is 165 Å². The molecule has 2 amide bonds. The molecule has 0 unspecified atom stereocenters. The second-order valence-electron chi connectivity index (χ2n) is 7.35. The molecule has 1 aromatic rings. The molecule has 28 heavy (non-hydrogen) atoms. The van der Waals surface area contributed by atoms with Crippen LogP contribution in [0, 0.1) is 5.82 Å². The van der Waals surface area contributed by atoms with Crippen molar-refractivity contribution in [3.05, 3.63) is 30.1 Å². The van der Waals surface area contributed by atoms with Crippen molar-refractivity contribution in [2.45, 2.75) is 38.8 Å². The lowest BCUT2D eigenvalue weighted by Crippen LogP contribution is -2.50. The van der Waals surface area contributed by atoms with Crippen molar-refractivity contribution in [1.82, 2.24) is 9.80 Å². The van der Waals surface area contributed by atoms with Crippen LogP contribution in [0.4, 0.5) is 10.1 Å². The molecule has 1 fully saturated rings. The topological polar surface area (TPSA) is 86.8 Å². The number of nitrogens with zero attached hydrogens (tertiary/aromatic N) is 2. The highest BCUT2D eigenvalue weighted by Gasteiger charge is 2.36. The number of hydrogen-bond acceptors (Lipinski definition) is 5. The van der Waals surface area contributed by atoms with E-state index in [2.05, 4.69) is 5.32 Å². The molecule has 1 heterocycles. The highest BCUT2D eigenvalue weighted by molar-refractivity contribution is 7.91. The summed E-state index contributed by atoms with van der Waals surface area (Å²) in [5.41, 5.74) is 0.349. The molecule has 1 aliphatic rings. The summed E-state index contributed by atoms with van der Waals surface area (Å²) in [6.07, 6.45) is 1.16. The third-order valence-electron chi connectivity index (χ3n) is 4.88. The van der Waals surface area contributed by atoms with Gasteiger partial charge in [-0.3, -0.25) is 14.5 Å². The number of hydrogen-bond donors (Lipinski definition) is 1. The second kappa shape index (κ2) is 9.47. The normalized spacial score (nSPS) is 19.4. The number of halogens is 1. The molecule has 0 aromatic heterocycles. The van der Waals surface area contributed by atoms with E-state index in [0.717, 1.165) is 0 Å². The number of anilines is 1. The first-order valence-corrected chi connectivity index (χ1v) is 11.2. The molecule has 9 heteroatoms. The first-order valence-electron chi connectivity index (χ1n) is 9.37. The predicted molar refractivity (Wildman–Crippen MR) is 106 cm³/mol. The Bertz CT molecular complexity index is 815. The van der Waals surface area contributed by atoms with Crippen LogP contribution in [0.25, 0.3) is 0 Å². The van der Waals surface area contributed by atoms with Gasteiger partial charge in [0.25, 0.3) is 0 Å². The number of nitrogens with one attached hydrogen (secondary N) is 1. The van der Waals surface area contributed by atoms with E-state index in [0.29, 0.717) is 18.5 Å². The summed E-state index contributed by atoms with van der Waals surface area (Å²) < 4.78 is 36.8. The third-order valence-corrected chi connectivity index (χ3v) is 6.63. The van der Waals surface area contributed by atoms with Gasteiger partial charge in [-0.1, -0.05) is 13.0 Å².